The Hall–Kier alpha value is -3.00. The molecule has 0 aliphatic heterocycles. The summed E-state index contributed by atoms with van der Waals surface area (Å²) in [5.41, 5.74) is 6.94. The number of aromatic nitrogens is 3. The Bertz CT molecular complexity index is 889. The molecule has 0 radical (unpaired) electrons. The molecule has 0 unspecified atom stereocenters. The van der Waals surface area contributed by atoms with Crippen LogP contribution in [0.5, 0.6) is 0 Å². The molecule has 1 aromatic heterocycles. The number of carbonyl (C=O) groups excluding carboxylic acids is 1. The van der Waals surface area contributed by atoms with E-state index in [-0.39, 0.29) is 24.3 Å². The molecular weight excluding hydrogens is 386 g/mol. The zero-order valence-electron chi connectivity index (χ0n) is 13.0. The van der Waals surface area contributed by atoms with Gasteiger partial charge in [-0.25, -0.2) is 4.79 Å². The lowest BCUT2D eigenvalue weighted by Crippen LogP contribution is -2.11. The monoisotopic (exact) mass is 399 g/mol. The second-order valence-electron chi connectivity index (χ2n) is 5.01. The number of nitrogens with zero attached hydrogens (tertiary/aromatic N) is 3. The molecule has 0 spiro atoms. The molecule has 3 N–H and O–H groups in total. The number of halogens is 1. The quantitative estimate of drug-likeness (QED) is 0.634. The number of anilines is 3. The minimum absolute atomic E-state index is 0.0435. The molecule has 0 atom stereocenters. The molecule has 0 fully saturated rings. The van der Waals surface area contributed by atoms with Gasteiger partial charge >= 0.3 is 5.97 Å². The van der Waals surface area contributed by atoms with Gasteiger partial charge in [0, 0.05) is 10.2 Å². The highest BCUT2D eigenvalue weighted by Crippen LogP contribution is 2.15. The first-order valence-corrected chi connectivity index (χ1v) is 8.14. The first kappa shape index (κ1) is 16.8. The van der Waals surface area contributed by atoms with E-state index in [1.807, 2.05) is 36.4 Å². The zero-order valence-corrected chi connectivity index (χ0v) is 14.6. The Kier molecular flexibility index (Phi) is 5.20. The SMILES string of the molecule is Nc1nc(COC(=O)c2cccc(Br)c2)nc(Nc2ccccc2)n1. The number of nitrogen functional groups attached to an aromatic ring is 1. The lowest BCUT2D eigenvalue weighted by molar-refractivity contribution is 0.0462. The summed E-state index contributed by atoms with van der Waals surface area (Å²) in [5.74, 6) is 0.112. The molecule has 3 aromatic rings. The Balaban J connectivity index is 1.69. The van der Waals surface area contributed by atoms with Gasteiger partial charge in [-0.2, -0.15) is 15.0 Å². The van der Waals surface area contributed by atoms with Crippen molar-refractivity contribution in [2.24, 2.45) is 0 Å². The Labute approximate surface area is 152 Å². The van der Waals surface area contributed by atoms with E-state index in [0.29, 0.717) is 5.56 Å². The van der Waals surface area contributed by atoms with Crippen molar-refractivity contribution in [2.45, 2.75) is 6.61 Å². The Morgan fingerprint density at radius 3 is 2.64 bits per heavy atom. The van der Waals surface area contributed by atoms with Crippen LogP contribution in [0.3, 0.4) is 0 Å². The standard InChI is InChI=1S/C17H14BrN5O2/c18-12-6-4-5-11(9-12)15(24)25-10-14-21-16(19)23-17(22-14)20-13-7-2-1-3-8-13/h1-9H,10H2,(H3,19,20,21,22,23). The molecule has 8 heteroatoms. The van der Waals surface area contributed by atoms with Crippen molar-refractivity contribution in [3.05, 3.63) is 70.5 Å². The minimum atomic E-state index is -0.474. The van der Waals surface area contributed by atoms with Crippen LogP contribution in [0.1, 0.15) is 16.2 Å². The van der Waals surface area contributed by atoms with Gasteiger partial charge in [0.15, 0.2) is 12.4 Å². The van der Waals surface area contributed by atoms with Crippen LogP contribution in [0.25, 0.3) is 0 Å². The van der Waals surface area contributed by atoms with Gasteiger partial charge in [0.05, 0.1) is 5.56 Å². The van der Waals surface area contributed by atoms with Crippen LogP contribution in [0, 0.1) is 0 Å². The maximum absolute atomic E-state index is 12.1. The number of carbonyl (C=O) groups is 1. The molecule has 0 aliphatic rings. The molecule has 2 aromatic carbocycles. The van der Waals surface area contributed by atoms with E-state index >= 15 is 0 Å². The largest absolute Gasteiger partial charge is 0.454 e. The van der Waals surface area contributed by atoms with E-state index in [9.17, 15) is 4.79 Å². The maximum atomic E-state index is 12.1. The topological polar surface area (TPSA) is 103 Å². The predicted octanol–water partition coefficient (Wildman–Crippen LogP) is 3.32. The fourth-order valence-corrected chi connectivity index (χ4v) is 2.44. The average molecular weight is 400 g/mol. The van der Waals surface area contributed by atoms with E-state index < -0.39 is 5.97 Å². The molecule has 0 saturated heterocycles. The lowest BCUT2D eigenvalue weighted by Gasteiger charge is -2.08. The molecule has 3 rings (SSSR count). The molecule has 25 heavy (non-hydrogen) atoms. The normalized spacial score (nSPS) is 10.3. The van der Waals surface area contributed by atoms with Gasteiger partial charge in [0.25, 0.3) is 0 Å². The van der Waals surface area contributed by atoms with Crippen LogP contribution >= 0.6 is 15.9 Å². The van der Waals surface area contributed by atoms with Crippen LogP contribution in [0.2, 0.25) is 0 Å². The number of hydrogen-bond donors (Lipinski definition) is 2. The third-order valence-corrected chi connectivity index (χ3v) is 3.61. The van der Waals surface area contributed by atoms with Gasteiger partial charge in [-0.15, -0.1) is 0 Å². The van der Waals surface area contributed by atoms with E-state index in [2.05, 4.69) is 36.2 Å². The molecule has 0 amide bonds. The number of nitrogens with two attached hydrogens (primary N) is 1. The van der Waals surface area contributed by atoms with Gasteiger partial charge in [-0.3, -0.25) is 0 Å². The fourth-order valence-electron chi connectivity index (χ4n) is 2.04. The fraction of sp³-hybridized carbons (Fsp3) is 0.0588. The summed E-state index contributed by atoms with van der Waals surface area (Å²) in [6, 6.07) is 16.3. The van der Waals surface area contributed by atoms with Crippen molar-refractivity contribution in [1.82, 2.24) is 15.0 Å². The summed E-state index contributed by atoms with van der Waals surface area (Å²) < 4.78 is 6.03. The van der Waals surface area contributed by atoms with Crippen LogP contribution < -0.4 is 11.1 Å². The predicted molar refractivity (Wildman–Crippen MR) is 97.2 cm³/mol. The van der Waals surface area contributed by atoms with Crippen molar-refractivity contribution < 1.29 is 9.53 Å². The van der Waals surface area contributed by atoms with Crippen molar-refractivity contribution in [1.29, 1.82) is 0 Å². The van der Waals surface area contributed by atoms with Crippen LogP contribution in [0.4, 0.5) is 17.6 Å². The van der Waals surface area contributed by atoms with E-state index in [4.69, 9.17) is 10.5 Å². The number of nitrogens with one attached hydrogen (secondary N) is 1. The van der Waals surface area contributed by atoms with E-state index in [1.165, 1.54) is 0 Å². The summed E-state index contributed by atoms with van der Waals surface area (Å²) in [6.07, 6.45) is 0. The van der Waals surface area contributed by atoms with Gasteiger partial charge in [-0.1, -0.05) is 40.2 Å². The number of hydrogen-bond acceptors (Lipinski definition) is 7. The van der Waals surface area contributed by atoms with Crippen molar-refractivity contribution in [2.75, 3.05) is 11.1 Å². The van der Waals surface area contributed by atoms with Crippen LogP contribution in [-0.4, -0.2) is 20.9 Å². The number of para-hydroxylation sites is 1. The van der Waals surface area contributed by atoms with Crippen molar-refractivity contribution >= 4 is 39.5 Å². The van der Waals surface area contributed by atoms with Crippen molar-refractivity contribution in [3.63, 3.8) is 0 Å². The van der Waals surface area contributed by atoms with Gasteiger partial charge in [-0.05, 0) is 30.3 Å². The van der Waals surface area contributed by atoms with Gasteiger partial charge in [0.2, 0.25) is 11.9 Å². The van der Waals surface area contributed by atoms with Crippen LogP contribution in [0.15, 0.2) is 59.1 Å². The highest BCUT2D eigenvalue weighted by molar-refractivity contribution is 9.10. The zero-order chi connectivity index (χ0) is 17.6. The first-order valence-electron chi connectivity index (χ1n) is 7.35. The van der Waals surface area contributed by atoms with Gasteiger partial charge in [0.1, 0.15) is 0 Å². The molecule has 126 valence electrons. The van der Waals surface area contributed by atoms with Crippen molar-refractivity contribution in [3.8, 4) is 0 Å². The molecule has 0 bridgehead atoms. The summed E-state index contributed by atoms with van der Waals surface area (Å²) >= 11 is 3.31. The minimum Gasteiger partial charge on any atom is -0.454 e. The number of ether oxygens (including phenoxy) is 1. The Morgan fingerprint density at radius 2 is 1.88 bits per heavy atom. The molecule has 0 saturated carbocycles. The third kappa shape index (κ3) is 4.74. The summed E-state index contributed by atoms with van der Waals surface area (Å²) in [5, 5.41) is 3.02. The Morgan fingerprint density at radius 1 is 1.08 bits per heavy atom. The maximum Gasteiger partial charge on any atom is 0.338 e. The van der Waals surface area contributed by atoms with Crippen LogP contribution in [-0.2, 0) is 11.3 Å². The lowest BCUT2D eigenvalue weighted by atomic mass is 10.2. The number of esters is 1. The summed E-state index contributed by atoms with van der Waals surface area (Å²) in [6.45, 7) is -0.110. The third-order valence-electron chi connectivity index (χ3n) is 3.12. The highest BCUT2D eigenvalue weighted by Gasteiger charge is 2.11. The van der Waals surface area contributed by atoms with E-state index in [0.717, 1.165) is 10.2 Å². The second-order valence-corrected chi connectivity index (χ2v) is 5.93. The number of benzene rings is 2. The average Bonchev–Trinajstić information content (AvgIpc) is 2.60. The molecule has 1 heterocycles. The smallest absolute Gasteiger partial charge is 0.338 e. The molecular formula is C17H14BrN5O2. The molecule has 0 aliphatic carbocycles. The summed E-state index contributed by atoms with van der Waals surface area (Å²) in [7, 11) is 0. The summed E-state index contributed by atoms with van der Waals surface area (Å²) in [4.78, 5) is 24.3. The van der Waals surface area contributed by atoms with E-state index in [1.54, 1.807) is 18.2 Å². The number of rotatable bonds is 5. The van der Waals surface area contributed by atoms with Gasteiger partial charge < -0.3 is 15.8 Å². The highest BCUT2D eigenvalue weighted by atomic mass is 79.9. The first-order chi connectivity index (χ1) is 12.1. The molecule has 7 nitrogen and oxygen atoms in total. The second kappa shape index (κ2) is 7.71.